The van der Waals surface area contributed by atoms with Gasteiger partial charge in [-0.15, -0.1) is 0 Å². The van der Waals surface area contributed by atoms with Crippen molar-refractivity contribution >= 4 is 5.78 Å². The van der Waals surface area contributed by atoms with Crippen LogP contribution < -0.4 is 0 Å². The fourth-order valence-electron chi connectivity index (χ4n) is 2.22. The molecule has 1 aromatic rings. The minimum Gasteiger partial charge on any atom is -0.505 e. The number of hydrogen-bond acceptors (Lipinski definition) is 4. The Kier molecular flexibility index (Phi) is 2.54. The number of aliphatic hydroxyl groups excluding tert-OH is 1. The molecule has 0 radical (unpaired) electrons. The molecule has 1 heterocycles. The van der Waals surface area contributed by atoms with E-state index in [1.807, 2.05) is 30.3 Å². The number of carbonyl (C=O) groups is 1. The van der Waals surface area contributed by atoms with Gasteiger partial charge >= 0.3 is 0 Å². The van der Waals surface area contributed by atoms with Crippen LogP contribution in [-0.4, -0.2) is 21.8 Å². The van der Waals surface area contributed by atoms with Crippen molar-refractivity contribution in [2.45, 2.75) is 12.2 Å². The molecule has 1 aliphatic heterocycles. The summed E-state index contributed by atoms with van der Waals surface area (Å²) in [6, 6.07) is 9.21. The van der Waals surface area contributed by atoms with Crippen LogP contribution in [0.2, 0.25) is 0 Å². The maximum absolute atomic E-state index is 11.3. The molecule has 1 atom stereocenters. The van der Waals surface area contributed by atoms with E-state index in [9.17, 15) is 15.0 Å². The molecule has 0 fully saturated rings. The molecule has 0 bridgehead atoms. The fraction of sp³-hybridized carbons (Fsp3) is 0.133. The minimum atomic E-state index is -1.81. The lowest BCUT2D eigenvalue weighted by Gasteiger charge is -2.22. The summed E-state index contributed by atoms with van der Waals surface area (Å²) in [6.07, 6.45) is 4.15. The molecule has 96 valence electrons. The van der Waals surface area contributed by atoms with E-state index >= 15 is 0 Å². The van der Waals surface area contributed by atoms with Crippen molar-refractivity contribution in [1.29, 1.82) is 0 Å². The SMILES string of the molecule is O=C1C=CC2=C(O)C(O)(Cc3ccccc3)OC2=C1. The molecule has 0 spiro atoms. The van der Waals surface area contributed by atoms with Crippen LogP contribution in [0, 0.1) is 0 Å². The number of ether oxygens (including phenoxy) is 1. The highest BCUT2D eigenvalue weighted by Gasteiger charge is 2.44. The second-order valence-corrected chi connectivity index (χ2v) is 4.56. The number of ketones is 1. The Hall–Kier alpha value is -2.33. The van der Waals surface area contributed by atoms with E-state index < -0.39 is 5.79 Å². The smallest absolute Gasteiger partial charge is 0.271 e. The number of rotatable bonds is 2. The van der Waals surface area contributed by atoms with Crippen LogP contribution in [0.25, 0.3) is 0 Å². The van der Waals surface area contributed by atoms with E-state index in [0.717, 1.165) is 5.56 Å². The van der Waals surface area contributed by atoms with E-state index in [1.165, 1.54) is 18.2 Å². The van der Waals surface area contributed by atoms with E-state index in [0.29, 0.717) is 5.57 Å². The third kappa shape index (κ3) is 1.96. The molecule has 0 amide bonds. The molecule has 4 nitrogen and oxygen atoms in total. The summed E-state index contributed by atoms with van der Waals surface area (Å²) in [7, 11) is 0. The summed E-state index contributed by atoms with van der Waals surface area (Å²) < 4.78 is 5.36. The zero-order chi connectivity index (χ0) is 13.5. The van der Waals surface area contributed by atoms with Gasteiger partial charge < -0.3 is 14.9 Å². The van der Waals surface area contributed by atoms with Gasteiger partial charge in [0.1, 0.15) is 5.76 Å². The van der Waals surface area contributed by atoms with Gasteiger partial charge in [-0.3, -0.25) is 4.79 Å². The van der Waals surface area contributed by atoms with Crippen molar-refractivity contribution in [1.82, 2.24) is 0 Å². The maximum atomic E-state index is 11.3. The van der Waals surface area contributed by atoms with Crippen molar-refractivity contribution in [2.24, 2.45) is 0 Å². The third-order valence-electron chi connectivity index (χ3n) is 3.14. The highest BCUT2D eigenvalue weighted by atomic mass is 16.6. The number of fused-ring (bicyclic) bond motifs is 1. The summed E-state index contributed by atoms with van der Waals surface area (Å²) in [6.45, 7) is 0. The maximum Gasteiger partial charge on any atom is 0.271 e. The van der Waals surface area contributed by atoms with Crippen LogP contribution in [-0.2, 0) is 16.0 Å². The molecule has 1 aromatic carbocycles. The van der Waals surface area contributed by atoms with Gasteiger partial charge in [0.25, 0.3) is 5.79 Å². The lowest BCUT2D eigenvalue weighted by Crippen LogP contribution is -2.33. The van der Waals surface area contributed by atoms with E-state index in [2.05, 4.69) is 0 Å². The lowest BCUT2D eigenvalue weighted by molar-refractivity contribution is -0.151. The summed E-state index contributed by atoms with van der Waals surface area (Å²) in [5.74, 6) is -2.08. The average Bonchev–Trinajstić information content (AvgIpc) is 2.62. The number of hydrogen-bond donors (Lipinski definition) is 2. The van der Waals surface area contributed by atoms with Crippen LogP contribution >= 0.6 is 0 Å². The number of benzene rings is 1. The third-order valence-corrected chi connectivity index (χ3v) is 3.14. The number of allylic oxidation sites excluding steroid dienone is 3. The van der Waals surface area contributed by atoms with Gasteiger partial charge in [-0.05, 0) is 17.7 Å². The Morgan fingerprint density at radius 2 is 1.89 bits per heavy atom. The highest BCUT2D eigenvalue weighted by Crippen LogP contribution is 2.39. The van der Waals surface area contributed by atoms with Crippen LogP contribution in [0.1, 0.15) is 5.56 Å². The molecule has 2 N–H and O–H groups in total. The van der Waals surface area contributed by atoms with Crippen molar-refractivity contribution < 1.29 is 19.7 Å². The topological polar surface area (TPSA) is 66.8 Å². The zero-order valence-corrected chi connectivity index (χ0v) is 10.0. The zero-order valence-electron chi connectivity index (χ0n) is 10.0. The largest absolute Gasteiger partial charge is 0.505 e. The predicted molar refractivity (Wildman–Crippen MR) is 68.1 cm³/mol. The molecule has 1 unspecified atom stereocenters. The monoisotopic (exact) mass is 256 g/mol. The van der Waals surface area contributed by atoms with Gasteiger partial charge in [0.2, 0.25) is 0 Å². The molecule has 19 heavy (non-hydrogen) atoms. The number of carbonyl (C=O) groups excluding carboxylic acids is 1. The second kappa shape index (κ2) is 4.10. The summed E-state index contributed by atoms with van der Waals surface area (Å²) >= 11 is 0. The highest BCUT2D eigenvalue weighted by molar-refractivity contribution is 6.02. The van der Waals surface area contributed by atoms with Gasteiger partial charge in [0.15, 0.2) is 11.5 Å². The molecule has 3 rings (SSSR count). The van der Waals surface area contributed by atoms with E-state index in [-0.39, 0.29) is 23.7 Å². The standard InChI is InChI=1S/C15H12O4/c16-11-6-7-12-13(8-11)19-15(18,14(12)17)9-10-4-2-1-3-5-10/h1-8,17-18H,9H2. The fourth-order valence-corrected chi connectivity index (χ4v) is 2.22. The summed E-state index contributed by atoms with van der Waals surface area (Å²) in [4.78, 5) is 11.3. The number of aliphatic hydroxyl groups is 2. The molecule has 4 heteroatoms. The average molecular weight is 256 g/mol. The van der Waals surface area contributed by atoms with Gasteiger partial charge in [-0.25, -0.2) is 0 Å². The van der Waals surface area contributed by atoms with Crippen LogP contribution in [0.15, 0.2) is 65.7 Å². The van der Waals surface area contributed by atoms with Crippen molar-refractivity contribution in [2.75, 3.05) is 0 Å². The van der Waals surface area contributed by atoms with Crippen LogP contribution in [0.4, 0.5) is 0 Å². The quantitative estimate of drug-likeness (QED) is 0.846. The normalized spacial score (nSPS) is 25.1. The van der Waals surface area contributed by atoms with Gasteiger partial charge in [-0.1, -0.05) is 30.3 Å². The van der Waals surface area contributed by atoms with Gasteiger partial charge in [0.05, 0.1) is 5.57 Å². The first-order valence-corrected chi connectivity index (χ1v) is 5.92. The Bertz CT molecular complexity index is 625. The van der Waals surface area contributed by atoms with Crippen LogP contribution in [0.5, 0.6) is 0 Å². The molecule has 1 aliphatic carbocycles. The first kappa shape index (κ1) is 11.7. The Morgan fingerprint density at radius 3 is 2.63 bits per heavy atom. The van der Waals surface area contributed by atoms with Crippen LogP contribution in [0.3, 0.4) is 0 Å². The molecular formula is C15H12O4. The molecule has 2 aliphatic rings. The van der Waals surface area contributed by atoms with E-state index in [4.69, 9.17) is 4.74 Å². The van der Waals surface area contributed by atoms with Crippen molar-refractivity contribution in [3.05, 3.63) is 71.2 Å². The van der Waals surface area contributed by atoms with Gasteiger partial charge in [-0.2, -0.15) is 0 Å². The molecule has 0 saturated carbocycles. The molecule has 0 aromatic heterocycles. The predicted octanol–water partition coefficient (Wildman–Crippen LogP) is 1.78. The first-order valence-electron chi connectivity index (χ1n) is 5.92. The Morgan fingerprint density at radius 1 is 1.16 bits per heavy atom. The first-order chi connectivity index (χ1) is 9.08. The molecular weight excluding hydrogens is 244 g/mol. The summed E-state index contributed by atoms with van der Waals surface area (Å²) in [5, 5.41) is 20.5. The van der Waals surface area contributed by atoms with Gasteiger partial charge in [0, 0.05) is 12.5 Å². The Labute approximate surface area is 109 Å². The molecule has 0 saturated heterocycles. The van der Waals surface area contributed by atoms with Crippen molar-refractivity contribution in [3.63, 3.8) is 0 Å². The summed E-state index contributed by atoms with van der Waals surface area (Å²) in [5.41, 5.74) is 1.18. The Balaban J connectivity index is 1.95. The lowest BCUT2D eigenvalue weighted by atomic mass is 10.0. The minimum absolute atomic E-state index is 0.114. The second-order valence-electron chi connectivity index (χ2n) is 4.56. The van der Waals surface area contributed by atoms with E-state index in [1.54, 1.807) is 0 Å². The van der Waals surface area contributed by atoms with Crippen molar-refractivity contribution in [3.8, 4) is 0 Å².